The van der Waals surface area contributed by atoms with Crippen molar-refractivity contribution in [3.63, 3.8) is 0 Å². The topological polar surface area (TPSA) is 54.5 Å². The lowest BCUT2D eigenvalue weighted by atomic mass is 10.1. The third kappa shape index (κ3) is 3.92. The van der Waals surface area contributed by atoms with Gasteiger partial charge in [-0.15, -0.1) is 0 Å². The van der Waals surface area contributed by atoms with Crippen LogP contribution in [-0.4, -0.2) is 41.7 Å². The van der Waals surface area contributed by atoms with Gasteiger partial charge in [0.1, 0.15) is 0 Å². The molecular formula is C14H21N3O2. The monoisotopic (exact) mass is 263 g/mol. The molecule has 1 fully saturated rings. The molecule has 0 bridgehead atoms. The normalized spacial score (nSPS) is 20.0. The molecule has 1 saturated heterocycles. The second-order valence-corrected chi connectivity index (χ2v) is 5.00. The highest BCUT2D eigenvalue weighted by molar-refractivity contribution is 5.74. The third-order valence-corrected chi connectivity index (χ3v) is 3.39. The highest BCUT2D eigenvalue weighted by Crippen LogP contribution is 2.15. The lowest BCUT2D eigenvalue weighted by Crippen LogP contribution is -2.46. The zero-order valence-electron chi connectivity index (χ0n) is 11.5. The summed E-state index contributed by atoms with van der Waals surface area (Å²) in [6.07, 6.45) is 5.72. The van der Waals surface area contributed by atoms with Crippen LogP contribution in [0.1, 0.15) is 25.3 Å². The molecule has 0 aliphatic carbocycles. The van der Waals surface area contributed by atoms with E-state index < -0.39 is 0 Å². The number of amides is 2. The molecule has 2 heterocycles. The highest BCUT2D eigenvalue weighted by atomic mass is 16.5. The molecule has 2 atom stereocenters. The fraction of sp³-hybridized carbons (Fsp3) is 0.571. The quantitative estimate of drug-likeness (QED) is 0.901. The molecule has 1 aromatic rings. The molecule has 2 rings (SSSR count). The summed E-state index contributed by atoms with van der Waals surface area (Å²) < 4.78 is 5.57. The summed E-state index contributed by atoms with van der Waals surface area (Å²) in [4.78, 5) is 17.7. The van der Waals surface area contributed by atoms with Gasteiger partial charge in [0, 0.05) is 32.6 Å². The molecule has 0 saturated carbocycles. The summed E-state index contributed by atoms with van der Waals surface area (Å²) >= 11 is 0. The molecule has 1 N–H and O–H groups in total. The number of hydrogen-bond acceptors (Lipinski definition) is 3. The average molecular weight is 263 g/mol. The van der Waals surface area contributed by atoms with Gasteiger partial charge in [0.2, 0.25) is 0 Å². The molecule has 0 aromatic carbocycles. The van der Waals surface area contributed by atoms with E-state index in [1.54, 1.807) is 24.3 Å². The molecule has 0 spiro atoms. The Kier molecular flexibility index (Phi) is 4.74. The molecule has 1 aliphatic rings. The first kappa shape index (κ1) is 13.8. The van der Waals surface area contributed by atoms with Gasteiger partial charge in [0.15, 0.2) is 0 Å². The number of ether oxygens (including phenoxy) is 1. The Morgan fingerprint density at radius 1 is 1.58 bits per heavy atom. The van der Waals surface area contributed by atoms with Crippen LogP contribution < -0.4 is 5.32 Å². The zero-order valence-corrected chi connectivity index (χ0v) is 11.5. The lowest BCUT2D eigenvalue weighted by molar-refractivity contribution is 0.0838. The van der Waals surface area contributed by atoms with Crippen LogP contribution in [0.15, 0.2) is 24.5 Å². The van der Waals surface area contributed by atoms with Gasteiger partial charge in [-0.05, 0) is 37.5 Å². The molecule has 104 valence electrons. The summed E-state index contributed by atoms with van der Waals surface area (Å²) in [5, 5.41) is 2.99. The predicted octanol–water partition coefficient (Wildman–Crippen LogP) is 1.79. The molecule has 1 aliphatic heterocycles. The van der Waals surface area contributed by atoms with Crippen molar-refractivity contribution in [2.75, 3.05) is 13.7 Å². The summed E-state index contributed by atoms with van der Waals surface area (Å²) in [5.74, 6) is 0. The van der Waals surface area contributed by atoms with E-state index in [1.807, 2.05) is 19.1 Å². The number of aromatic nitrogens is 1. The van der Waals surface area contributed by atoms with Crippen molar-refractivity contribution in [3.8, 4) is 0 Å². The fourth-order valence-corrected chi connectivity index (χ4v) is 2.23. The first-order chi connectivity index (χ1) is 9.16. The van der Waals surface area contributed by atoms with Crippen LogP contribution in [0.4, 0.5) is 4.79 Å². The van der Waals surface area contributed by atoms with E-state index in [-0.39, 0.29) is 18.2 Å². The number of hydrogen-bond donors (Lipinski definition) is 1. The largest absolute Gasteiger partial charge is 0.376 e. The Morgan fingerprint density at radius 3 is 2.95 bits per heavy atom. The number of carbonyl (C=O) groups is 1. The van der Waals surface area contributed by atoms with Crippen molar-refractivity contribution >= 4 is 6.03 Å². The lowest BCUT2D eigenvalue weighted by Gasteiger charge is -2.24. The SMILES string of the molecule is C[C@H](NC(=O)N(C)Cc1ccncc1)[C@H]1CCCO1. The van der Waals surface area contributed by atoms with Crippen molar-refractivity contribution < 1.29 is 9.53 Å². The Hall–Kier alpha value is -1.62. The minimum atomic E-state index is -0.0696. The van der Waals surface area contributed by atoms with E-state index in [4.69, 9.17) is 4.74 Å². The van der Waals surface area contributed by atoms with Crippen LogP contribution in [0.3, 0.4) is 0 Å². The van der Waals surface area contributed by atoms with E-state index in [2.05, 4.69) is 10.3 Å². The van der Waals surface area contributed by atoms with Crippen LogP contribution in [0.5, 0.6) is 0 Å². The number of rotatable bonds is 4. The molecule has 2 amide bonds. The molecule has 5 heteroatoms. The second-order valence-electron chi connectivity index (χ2n) is 5.00. The van der Waals surface area contributed by atoms with Crippen LogP contribution in [0, 0.1) is 0 Å². The standard InChI is InChI=1S/C14H21N3O2/c1-11(13-4-3-9-19-13)16-14(18)17(2)10-12-5-7-15-8-6-12/h5-8,11,13H,3-4,9-10H2,1-2H3,(H,16,18)/t11-,13+/m0/s1. The predicted molar refractivity (Wildman–Crippen MR) is 72.7 cm³/mol. The van der Waals surface area contributed by atoms with E-state index in [0.29, 0.717) is 6.54 Å². The van der Waals surface area contributed by atoms with Gasteiger partial charge in [0.05, 0.1) is 12.1 Å². The van der Waals surface area contributed by atoms with Crippen LogP contribution in [0.25, 0.3) is 0 Å². The van der Waals surface area contributed by atoms with Gasteiger partial charge in [-0.1, -0.05) is 0 Å². The van der Waals surface area contributed by atoms with Crippen molar-refractivity contribution in [2.45, 2.75) is 38.5 Å². The van der Waals surface area contributed by atoms with E-state index >= 15 is 0 Å². The van der Waals surface area contributed by atoms with Gasteiger partial charge >= 0.3 is 6.03 Å². The van der Waals surface area contributed by atoms with E-state index in [0.717, 1.165) is 25.0 Å². The van der Waals surface area contributed by atoms with Gasteiger partial charge < -0.3 is 15.0 Å². The molecule has 5 nitrogen and oxygen atoms in total. The molecule has 0 radical (unpaired) electrons. The Balaban J connectivity index is 1.82. The maximum Gasteiger partial charge on any atom is 0.317 e. The first-order valence-electron chi connectivity index (χ1n) is 6.69. The third-order valence-electron chi connectivity index (χ3n) is 3.39. The molecule has 1 aromatic heterocycles. The Morgan fingerprint density at radius 2 is 2.32 bits per heavy atom. The minimum Gasteiger partial charge on any atom is -0.376 e. The smallest absolute Gasteiger partial charge is 0.317 e. The van der Waals surface area contributed by atoms with E-state index in [9.17, 15) is 4.79 Å². The fourth-order valence-electron chi connectivity index (χ4n) is 2.23. The van der Waals surface area contributed by atoms with Gasteiger partial charge in [0.25, 0.3) is 0 Å². The van der Waals surface area contributed by atoms with Crippen LogP contribution in [0.2, 0.25) is 0 Å². The van der Waals surface area contributed by atoms with Gasteiger partial charge in [-0.3, -0.25) is 4.98 Å². The van der Waals surface area contributed by atoms with Crippen molar-refractivity contribution in [1.29, 1.82) is 0 Å². The first-order valence-corrected chi connectivity index (χ1v) is 6.69. The van der Waals surface area contributed by atoms with Crippen molar-refractivity contribution in [2.24, 2.45) is 0 Å². The number of urea groups is 1. The molecule has 0 unspecified atom stereocenters. The Labute approximate surface area is 114 Å². The number of nitrogens with one attached hydrogen (secondary N) is 1. The number of carbonyl (C=O) groups excluding carboxylic acids is 1. The number of pyridine rings is 1. The van der Waals surface area contributed by atoms with Crippen molar-refractivity contribution in [1.82, 2.24) is 15.2 Å². The average Bonchev–Trinajstić information content (AvgIpc) is 2.93. The van der Waals surface area contributed by atoms with Gasteiger partial charge in [-0.25, -0.2) is 4.79 Å². The number of nitrogens with zero attached hydrogens (tertiary/aromatic N) is 2. The summed E-state index contributed by atoms with van der Waals surface area (Å²) in [7, 11) is 1.79. The summed E-state index contributed by atoms with van der Waals surface area (Å²) in [5.41, 5.74) is 1.07. The zero-order chi connectivity index (χ0) is 13.7. The van der Waals surface area contributed by atoms with Crippen LogP contribution in [-0.2, 0) is 11.3 Å². The summed E-state index contributed by atoms with van der Waals surface area (Å²) in [6.45, 7) is 3.37. The van der Waals surface area contributed by atoms with Gasteiger partial charge in [-0.2, -0.15) is 0 Å². The molecular weight excluding hydrogens is 242 g/mol. The maximum absolute atomic E-state index is 12.1. The van der Waals surface area contributed by atoms with E-state index in [1.165, 1.54) is 0 Å². The minimum absolute atomic E-state index is 0.0508. The molecule has 19 heavy (non-hydrogen) atoms. The highest BCUT2D eigenvalue weighted by Gasteiger charge is 2.24. The van der Waals surface area contributed by atoms with Crippen LogP contribution >= 0.6 is 0 Å². The van der Waals surface area contributed by atoms with Crippen molar-refractivity contribution in [3.05, 3.63) is 30.1 Å². The second kappa shape index (κ2) is 6.52. The maximum atomic E-state index is 12.1. The summed E-state index contributed by atoms with van der Waals surface area (Å²) in [6, 6.07) is 3.80. The Bertz CT molecular complexity index is 404.